The van der Waals surface area contributed by atoms with Crippen LogP contribution in [0.5, 0.6) is 0 Å². The second-order valence-electron chi connectivity index (χ2n) is 12.7. The zero-order valence-electron chi connectivity index (χ0n) is 27.7. The van der Waals surface area contributed by atoms with Crippen LogP contribution in [0.2, 0.25) is 0 Å². The number of halogens is 2. The van der Waals surface area contributed by atoms with E-state index >= 15 is 0 Å². The Morgan fingerprint density at radius 3 is 1.42 bits per heavy atom. The van der Waals surface area contributed by atoms with Crippen molar-refractivity contribution in [2.24, 2.45) is 5.41 Å². The zero-order chi connectivity index (χ0) is 29.8. The van der Waals surface area contributed by atoms with Crippen molar-refractivity contribution in [3.05, 3.63) is 116 Å². The van der Waals surface area contributed by atoms with Crippen LogP contribution in [-0.2, 0) is 16.2 Å². The molecule has 0 saturated carbocycles. The molecule has 0 spiro atoms. The van der Waals surface area contributed by atoms with E-state index in [1.54, 1.807) is 0 Å². The first-order valence-corrected chi connectivity index (χ1v) is 16.6. The molecule has 1 fully saturated rings. The summed E-state index contributed by atoms with van der Waals surface area (Å²) in [5.41, 5.74) is 18.2. The third-order valence-corrected chi connectivity index (χ3v) is 12.0. The Labute approximate surface area is 279 Å². The van der Waals surface area contributed by atoms with E-state index in [9.17, 15) is 0 Å². The summed E-state index contributed by atoms with van der Waals surface area (Å²) in [5, 5.41) is 0. The number of aryl methyl sites for hydroxylation is 6. The van der Waals surface area contributed by atoms with Gasteiger partial charge in [-0.25, -0.2) is 0 Å². The van der Waals surface area contributed by atoms with Gasteiger partial charge in [-0.15, -0.1) is 24.8 Å². The summed E-state index contributed by atoms with van der Waals surface area (Å²) in [6.07, 6.45) is 0. The fraction of sp³-hybridized carbons (Fsp3) is 0.368. The standard InChI is InChI=1S/C21H26N2.C17H20.2ClH.Ru/c1-14-9-16(3)20(17(4)10-14)22-7-8-23(13-22)21-18(5)11-15(2)12-19(21)6;1-12-13(2)16(17(4,5)14(12)3)11-15-9-7-6-8-10-15;;;/h9-12H,7-8H2,1-6H3;6-10H,1-5H3;2*1H;. The van der Waals surface area contributed by atoms with E-state index in [1.807, 2.05) is 0 Å². The van der Waals surface area contributed by atoms with Crippen LogP contribution in [0, 0.1) is 47.0 Å². The molecule has 0 amide bonds. The summed E-state index contributed by atoms with van der Waals surface area (Å²) in [6.45, 7) is 27.5. The van der Waals surface area contributed by atoms with Gasteiger partial charge in [0.25, 0.3) is 0 Å². The van der Waals surface area contributed by atoms with Crippen molar-refractivity contribution in [1.82, 2.24) is 0 Å². The van der Waals surface area contributed by atoms with Crippen molar-refractivity contribution in [3.63, 3.8) is 0 Å². The first kappa shape index (κ1) is 35.2. The molecule has 1 saturated heterocycles. The molecule has 2 nitrogen and oxygen atoms in total. The first-order valence-electron chi connectivity index (χ1n) is 14.9. The van der Waals surface area contributed by atoms with Gasteiger partial charge in [0.1, 0.15) is 0 Å². The summed E-state index contributed by atoms with van der Waals surface area (Å²) >= 11 is -0.299. The van der Waals surface area contributed by atoms with Gasteiger partial charge < -0.3 is 0 Å². The molecule has 2 aliphatic rings. The minimum Gasteiger partial charge on any atom is -0.147 e. The molecular formula is C38H48Cl2N2Ru. The van der Waals surface area contributed by atoms with Crippen LogP contribution in [0.3, 0.4) is 0 Å². The van der Waals surface area contributed by atoms with Crippen molar-refractivity contribution < 1.29 is 16.2 Å². The van der Waals surface area contributed by atoms with Gasteiger partial charge in [0, 0.05) is 0 Å². The Balaban J connectivity index is 0.00000253. The quantitative estimate of drug-likeness (QED) is 0.250. The molecule has 1 aliphatic heterocycles. The monoisotopic (exact) mass is 704 g/mol. The molecule has 232 valence electrons. The third-order valence-electron chi connectivity index (χ3n) is 9.25. The second-order valence-corrected chi connectivity index (χ2v) is 14.8. The van der Waals surface area contributed by atoms with Crippen molar-refractivity contribution in [2.75, 3.05) is 22.9 Å². The molecule has 0 aromatic heterocycles. The van der Waals surface area contributed by atoms with Gasteiger partial charge in [0.05, 0.1) is 0 Å². The summed E-state index contributed by atoms with van der Waals surface area (Å²) in [4.78, 5) is 5.35. The molecule has 0 bridgehead atoms. The van der Waals surface area contributed by atoms with Crippen LogP contribution in [0.15, 0.2) is 76.9 Å². The van der Waals surface area contributed by atoms with Gasteiger partial charge in [-0.2, -0.15) is 0 Å². The molecule has 5 heteroatoms. The van der Waals surface area contributed by atoms with Gasteiger partial charge in [-0.3, -0.25) is 0 Å². The summed E-state index contributed by atoms with van der Waals surface area (Å²) in [6, 6.07) is 20.6. The fourth-order valence-corrected chi connectivity index (χ4v) is 10.4. The molecule has 5 rings (SSSR count). The largest absolute Gasteiger partial charge is 0.147 e. The molecule has 3 aromatic rings. The van der Waals surface area contributed by atoms with Crippen molar-refractivity contribution in [2.45, 2.75) is 76.2 Å². The Morgan fingerprint density at radius 2 is 1.05 bits per heavy atom. The Bertz CT molecular complexity index is 1570. The van der Waals surface area contributed by atoms with Gasteiger partial charge in [0.15, 0.2) is 0 Å². The maximum absolute atomic E-state index is 2.68. The Hall–Kier alpha value is -2.32. The normalized spacial score (nSPS) is 16.1. The van der Waals surface area contributed by atoms with Crippen LogP contribution >= 0.6 is 24.8 Å². The molecule has 1 heterocycles. The number of rotatable bonds is 4. The number of hydrogen-bond donors (Lipinski definition) is 0. The molecule has 1 aliphatic carbocycles. The maximum atomic E-state index is 2.68. The van der Waals surface area contributed by atoms with Gasteiger partial charge in [-0.1, -0.05) is 0 Å². The van der Waals surface area contributed by atoms with E-state index < -0.39 is 0 Å². The van der Waals surface area contributed by atoms with Crippen LogP contribution in [0.1, 0.15) is 73.6 Å². The van der Waals surface area contributed by atoms with Gasteiger partial charge in [-0.05, 0) is 0 Å². The number of benzene rings is 3. The van der Waals surface area contributed by atoms with E-state index in [4.69, 9.17) is 0 Å². The van der Waals surface area contributed by atoms with E-state index in [0.29, 0.717) is 0 Å². The smallest absolute Gasteiger partial charge is 0.147 e. The minimum absolute atomic E-state index is 0. The predicted octanol–water partition coefficient (Wildman–Crippen LogP) is 9.79. The van der Waals surface area contributed by atoms with E-state index in [0.717, 1.165) is 13.1 Å². The van der Waals surface area contributed by atoms with Crippen molar-refractivity contribution in [3.8, 4) is 0 Å². The molecule has 3 aromatic carbocycles. The van der Waals surface area contributed by atoms with Crippen LogP contribution in [0.4, 0.5) is 11.4 Å². The molecular weight excluding hydrogens is 656 g/mol. The average molecular weight is 705 g/mol. The molecule has 0 N–H and O–H groups in total. The number of allylic oxidation sites excluding steroid dienone is 4. The minimum atomic E-state index is -0.299. The van der Waals surface area contributed by atoms with E-state index in [1.165, 1.54) is 81.1 Å². The third kappa shape index (κ3) is 6.29. The van der Waals surface area contributed by atoms with Gasteiger partial charge in [0.2, 0.25) is 0 Å². The zero-order valence-corrected chi connectivity index (χ0v) is 31.0. The van der Waals surface area contributed by atoms with E-state index in [-0.39, 0.29) is 46.5 Å². The molecule has 0 atom stereocenters. The van der Waals surface area contributed by atoms with Crippen LogP contribution < -0.4 is 9.80 Å². The number of anilines is 2. The maximum Gasteiger partial charge on any atom is -0.147 e. The summed E-state index contributed by atoms with van der Waals surface area (Å²) in [7, 11) is 0. The average Bonchev–Trinajstić information content (AvgIpc) is 3.34. The van der Waals surface area contributed by atoms with Gasteiger partial charge >= 0.3 is 256 Å². The Kier molecular flexibility index (Phi) is 10.9. The topological polar surface area (TPSA) is 6.48 Å². The van der Waals surface area contributed by atoms with Crippen LogP contribution in [0.25, 0.3) is 0 Å². The second kappa shape index (κ2) is 13.4. The molecule has 0 unspecified atom stereocenters. The summed E-state index contributed by atoms with van der Waals surface area (Å²) in [5.74, 6) is 0. The first-order chi connectivity index (χ1) is 19.3. The van der Waals surface area contributed by atoms with E-state index in [2.05, 4.69) is 141 Å². The van der Waals surface area contributed by atoms with Crippen molar-refractivity contribution in [1.29, 1.82) is 0 Å². The van der Waals surface area contributed by atoms with Crippen LogP contribution in [-0.4, -0.2) is 21.6 Å². The molecule has 0 radical (unpaired) electrons. The predicted molar refractivity (Wildman–Crippen MR) is 191 cm³/mol. The number of nitrogens with zero attached hydrogens (tertiary/aromatic N) is 2. The molecule has 43 heavy (non-hydrogen) atoms. The van der Waals surface area contributed by atoms with Crippen molar-refractivity contribution >= 4 is 44.6 Å². The fourth-order valence-electron chi connectivity index (χ4n) is 7.14. The Morgan fingerprint density at radius 1 is 0.628 bits per heavy atom. The number of hydrogen-bond acceptors (Lipinski definition) is 2. The SMILES string of the molecule is CC1=C(C)C(C)(C)C([C](=[Ru]=[C]2N(c3c(C)cc(C)cc3C)CCN2c2c(C)cc(C)cc2C)c2ccccc2)=C1C.Cl.Cl. The summed E-state index contributed by atoms with van der Waals surface area (Å²) < 4.78 is 3.01.